The Morgan fingerprint density at radius 2 is 2.13 bits per heavy atom. The topological polar surface area (TPSA) is 66.8 Å². The van der Waals surface area contributed by atoms with Gasteiger partial charge < -0.3 is 14.9 Å². The summed E-state index contributed by atoms with van der Waals surface area (Å²) in [5, 5.41) is 18.5. The second-order valence-corrected chi connectivity index (χ2v) is 3.62. The van der Waals surface area contributed by atoms with Gasteiger partial charge in [-0.3, -0.25) is 0 Å². The van der Waals surface area contributed by atoms with Gasteiger partial charge in [0.05, 0.1) is 12.7 Å². The van der Waals surface area contributed by atoms with Crippen molar-refractivity contribution < 1.29 is 19.7 Å². The smallest absolute Gasteiger partial charge is 0.333 e. The molecule has 0 spiro atoms. The molecular weight excluding hydrogens is 196 g/mol. The molecule has 0 aliphatic heterocycles. The minimum absolute atomic E-state index is 0.0976. The Morgan fingerprint density at radius 3 is 2.53 bits per heavy atom. The van der Waals surface area contributed by atoms with Gasteiger partial charge in [0.25, 0.3) is 0 Å². The minimum atomic E-state index is -0.543. The number of aliphatic hydroxyl groups is 2. The number of hydrogen-bond acceptors (Lipinski definition) is 4. The van der Waals surface area contributed by atoms with Crippen LogP contribution < -0.4 is 0 Å². The predicted molar refractivity (Wildman–Crippen MR) is 57.3 cm³/mol. The van der Waals surface area contributed by atoms with Gasteiger partial charge in [0.15, 0.2) is 0 Å². The standard InChI is InChI=1S/C11H20O4/c1-4-10(13)9(7-12)5-6-15-11(14)8(2)3/h9-10,12-13H,2,4-7H2,1,3H3. The third-order valence-corrected chi connectivity index (χ3v) is 2.27. The monoisotopic (exact) mass is 216 g/mol. The molecule has 0 heterocycles. The van der Waals surface area contributed by atoms with Crippen molar-refractivity contribution in [3.05, 3.63) is 12.2 Å². The van der Waals surface area contributed by atoms with E-state index in [1.54, 1.807) is 6.92 Å². The average molecular weight is 216 g/mol. The zero-order valence-corrected chi connectivity index (χ0v) is 9.40. The van der Waals surface area contributed by atoms with Gasteiger partial charge in [0.2, 0.25) is 0 Å². The quantitative estimate of drug-likeness (QED) is 0.489. The molecular formula is C11H20O4. The average Bonchev–Trinajstić information content (AvgIpc) is 2.22. The molecule has 0 aliphatic rings. The van der Waals surface area contributed by atoms with Crippen LogP contribution in [0, 0.1) is 5.92 Å². The highest BCUT2D eigenvalue weighted by Crippen LogP contribution is 2.11. The number of ether oxygens (including phenoxy) is 1. The van der Waals surface area contributed by atoms with Crippen LogP contribution in [0.3, 0.4) is 0 Å². The fourth-order valence-corrected chi connectivity index (χ4v) is 1.16. The first kappa shape index (κ1) is 14.1. The lowest BCUT2D eigenvalue weighted by Gasteiger charge is -2.19. The fraction of sp³-hybridized carbons (Fsp3) is 0.727. The number of hydrogen-bond donors (Lipinski definition) is 2. The highest BCUT2D eigenvalue weighted by atomic mass is 16.5. The van der Waals surface area contributed by atoms with Crippen molar-refractivity contribution >= 4 is 5.97 Å². The van der Waals surface area contributed by atoms with Gasteiger partial charge in [-0.2, -0.15) is 0 Å². The lowest BCUT2D eigenvalue weighted by atomic mass is 9.98. The van der Waals surface area contributed by atoms with Crippen molar-refractivity contribution in [2.45, 2.75) is 32.8 Å². The highest BCUT2D eigenvalue weighted by Gasteiger charge is 2.17. The molecule has 15 heavy (non-hydrogen) atoms. The van der Waals surface area contributed by atoms with Crippen molar-refractivity contribution in [1.29, 1.82) is 0 Å². The zero-order chi connectivity index (χ0) is 11.8. The maximum Gasteiger partial charge on any atom is 0.333 e. The Labute approximate surface area is 90.6 Å². The van der Waals surface area contributed by atoms with Gasteiger partial charge in [-0.1, -0.05) is 13.5 Å². The van der Waals surface area contributed by atoms with Crippen LogP contribution in [-0.4, -0.2) is 35.5 Å². The second kappa shape index (κ2) is 7.43. The molecule has 88 valence electrons. The summed E-state index contributed by atoms with van der Waals surface area (Å²) in [5.41, 5.74) is 0.353. The molecule has 2 N–H and O–H groups in total. The number of aliphatic hydroxyl groups excluding tert-OH is 2. The Morgan fingerprint density at radius 1 is 1.53 bits per heavy atom. The Hall–Kier alpha value is -0.870. The molecule has 2 unspecified atom stereocenters. The van der Waals surface area contributed by atoms with Gasteiger partial charge in [-0.25, -0.2) is 4.79 Å². The second-order valence-electron chi connectivity index (χ2n) is 3.62. The summed E-state index contributed by atoms with van der Waals surface area (Å²) in [6.07, 6.45) is 0.503. The molecule has 4 nitrogen and oxygen atoms in total. The first-order valence-electron chi connectivity index (χ1n) is 5.14. The number of rotatable bonds is 7. The summed E-state index contributed by atoms with van der Waals surface area (Å²) in [6.45, 7) is 6.97. The zero-order valence-electron chi connectivity index (χ0n) is 9.40. The van der Waals surface area contributed by atoms with Crippen LogP contribution in [-0.2, 0) is 9.53 Å². The van der Waals surface area contributed by atoms with E-state index in [4.69, 9.17) is 9.84 Å². The lowest BCUT2D eigenvalue weighted by molar-refractivity contribution is -0.139. The van der Waals surface area contributed by atoms with E-state index in [1.165, 1.54) is 0 Å². The molecule has 2 atom stereocenters. The molecule has 0 rings (SSSR count). The van der Waals surface area contributed by atoms with Crippen LogP contribution in [0.25, 0.3) is 0 Å². The summed E-state index contributed by atoms with van der Waals surface area (Å²) in [7, 11) is 0. The third-order valence-electron chi connectivity index (χ3n) is 2.27. The normalized spacial score (nSPS) is 14.4. The summed E-state index contributed by atoms with van der Waals surface area (Å²) < 4.78 is 4.87. The molecule has 0 aromatic carbocycles. The van der Waals surface area contributed by atoms with Gasteiger partial charge in [0, 0.05) is 18.1 Å². The maximum atomic E-state index is 11.0. The SMILES string of the molecule is C=C(C)C(=O)OCCC(CO)C(O)CC. The van der Waals surface area contributed by atoms with Crippen LogP contribution in [0.2, 0.25) is 0 Å². The number of carbonyl (C=O) groups excluding carboxylic acids is 1. The number of carbonyl (C=O) groups is 1. The summed E-state index contributed by atoms with van der Waals surface area (Å²) in [4.78, 5) is 11.0. The summed E-state index contributed by atoms with van der Waals surface area (Å²) in [5.74, 6) is -0.661. The van der Waals surface area contributed by atoms with Crippen LogP contribution in [0.15, 0.2) is 12.2 Å². The summed E-state index contributed by atoms with van der Waals surface area (Å²) in [6, 6.07) is 0. The van der Waals surface area contributed by atoms with Crippen molar-refractivity contribution in [1.82, 2.24) is 0 Å². The lowest BCUT2D eigenvalue weighted by Crippen LogP contribution is -2.25. The van der Waals surface area contributed by atoms with Crippen LogP contribution in [0.5, 0.6) is 0 Å². The van der Waals surface area contributed by atoms with Gasteiger partial charge in [-0.15, -0.1) is 0 Å². The van der Waals surface area contributed by atoms with Crippen molar-refractivity contribution in [2.24, 2.45) is 5.92 Å². The largest absolute Gasteiger partial charge is 0.462 e. The first-order valence-corrected chi connectivity index (χ1v) is 5.14. The minimum Gasteiger partial charge on any atom is -0.462 e. The van der Waals surface area contributed by atoms with Crippen LogP contribution >= 0.6 is 0 Å². The van der Waals surface area contributed by atoms with E-state index < -0.39 is 12.1 Å². The highest BCUT2D eigenvalue weighted by molar-refractivity contribution is 5.86. The Bertz CT molecular complexity index is 213. The molecule has 0 aliphatic carbocycles. The fourth-order valence-electron chi connectivity index (χ4n) is 1.16. The molecule has 4 heteroatoms. The molecule has 0 saturated carbocycles. The van der Waals surface area contributed by atoms with E-state index in [0.29, 0.717) is 18.4 Å². The van der Waals surface area contributed by atoms with E-state index in [1.807, 2.05) is 6.92 Å². The van der Waals surface area contributed by atoms with E-state index in [0.717, 1.165) is 0 Å². The van der Waals surface area contributed by atoms with Gasteiger partial charge in [0.1, 0.15) is 0 Å². The van der Waals surface area contributed by atoms with Crippen molar-refractivity contribution in [3.63, 3.8) is 0 Å². The van der Waals surface area contributed by atoms with Crippen molar-refractivity contribution in [2.75, 3.05) is 13.2 Å². The molecule has 0 saturated heterocycles. The first-order chi connectivity index (χ1) is 7.02. The van der Waals surface area contributed by atoms with Gasteiger partial charge in [-0.05, 0) is 19.8 Å². The Balaban J connectivity index is 3.82. The van der Waals surface area contributed by atoms with E-state index in [2.05, 4.69) is 6.58 Å². The molecule has 0 aromatic rings. The van der Waals surface area contributed by atoms with Gasteiger partial charge >= 0.3 is 5.97 Å². The predicted octanol–water partition coefficient (Wildman–Crippen LogP) is 0.875. The number of esters is 1. The van der Waals surface area contributed by atoms with Crippen LogP contribution in [0.4, 0.5) is 0 Å². The van der Waals surface area contributed by atoms with E-state index in [9.17, 15) is 9.90 Å². The summed E-state index contributed by atoms with van der Waals surface area (Å²) >= 11 is 0. The molecule has 0 aromatic heterocycles. The van der Waals surface area contributed by atoms with Crippen LogP contribution in [0.1, 0.15) is 26.7 Å². The molecule has 0 bridgehead atoms. The maximum absolute atomic E-state index is 11.0. The molecule has 0 amide bonds. The third kappa shape index (κ3) is 5.54. The van der Waals surface area contributed by atoms with Crippen molar-refractivity contribution in [3.8, 4) is 0 Å². The Kier molecular flexibility index (Phi) is 6.99. The molecule has 0 radical (unpaired) electrons. The van der Waals surface area contributed by atoms with E-state index in [-0.39, 0.29) is 19.1 Å². The molecule has 0 fully saturated rings. The van der Waals surface area contributed by atoms with E-state index >= 15 is 0 Å².